The third-order valence-corrected chi connectivity index (χ3v) is 6.17. The number of hydrogen-bond acceptors (Lipinski definition) is 4. The van der Waals surface area contributed by atoms with Crippen LogP contribution in [-0.4, -0.2) is 38.4 Å². The highest BCUT2D eigenvalue weighted by Gasteiger charge is 2.32. The number of rotatable bonds is 9. The van der Waals surface area contributed by atoms with Gasteiger partial charge in [-0.2, -0.15) is 0 Å². The quantitative estimate of drug-likeness (QED) is 0.366. The van der Waals surface area contributed by atoms with Crippen molar-refractivity contribution in [2.24, 2.45) is 11.7 Å². The fourth-order valence-corrected chi connectivity index (χ4v) is 4.55. The monoisotopic (exact) mass is 473 g/mol. The minimum Gasteiger partial charge on any atom is -0.330 e. The van der Waals surface area contributed by atoms with Crippen molar-refractivity contribution in [3.8, 4) is 0 Å². The maximum absolute atomic E-state index is 14.0. The van der Waals surface area contributed by atoms with Gasteiger partial charge < -0.3 is 15.2 Å². The summed E-state index contributed by atoms with van der Waals surface area (Å²) < 4.78 is 16.1. The van der Waals surface area contributed by atoms with Crippen molar-refractivity contribution in [2.45, 2.75) is 39.8 Å². The molecule has 0 bridgehead atoms. The molecule has 0 aliphatic rings. The highest BCUT2D eigenvalue weighted by molar-refractivity contribution is 5.94. The minimum absolute atomic E-state index is 0.0672. The van der Waals surface area contributed by atoms with Crippen LogP contribution in [0.15, 0.2) is 67.0 Å². The van der Waals surface area contributed by atoms with Gasteiger partial charge in [0.25, 0.3) is 5.91 Å². The molecular weight excluding hydrogens is 441 g/mol. The Kier molecular flexibility index (Phi) is 7.56. The van der Waals surface area contributed by atoms with Crippen LogP contribution in [0, 0.1) is 18.7 Å². The fourth-order valence-electron chi connectivity index (χ4n) is 4.55. The average Bonchev–Trinajstić information content (AvgIpc) is 3.18. The van der Waals surface area contributed by atoms with E-state index in [9.17, 15) is 9.18 Å². The number of aryl methyl sites for hydroxylation is 1. The second-order valence-corrected chi connectivity index (χ2v) is 9.25. The molecule has 182 valence electrons. The summed E-state index contributed by atoms with van der Waals surface area (Å²) in [7, 11) is 0. The number of imidazole rings is 1. The largest absolute Gasteiger partial charge is 0.330 e. The molecule has 4 aromatic rings. The van der Waals surface area contributed by atoms with Crippen molar-refractivity contribution >= 4 is 16.9 Å². The molecule has 0 aliphatic carbocycles. The van der Waals surface area contributed by atoms with Gasteiger partial charge in [-0.1, -0.05) is 32.0 Å². The van der Waals surface area contributed by atoms with E-state index in [1.54, 1.807) is 36.7 Å². The van der Waals surface area contributed by atoms with Crippen LogP contribution < -0.4 is 5.73 Å². The van der Waals surface area contributed by atoms with Crippen LogP contribution in [0.5, 0.6) is 0 Å². The molecular formula is C28H32FN5O. The molecule has 0 aliphatic heterocycles. The van der Waals surface area contributed by atoms with Gasteiger partial charge in [0, 0.05) is 25.5 Å². The van der Waals surface area contributed by atoms with Crippen LogP contribution >= 0.6 is 0 Å². The lowest BCUT2D eigenvalue weighted by Crippen LogP contribution is -2.40. The Bertz CT molecular complexity index is 1300. The van der Waals surface area contributed by atoms with Gasteiger partial charge >= 0.3 is 0 Å². The van der Waals surface area contributed by atoms with Gasteiger partial charge in [-0.05, 0) is 73.3 Å². The summed E-state index contributed by atoms with van der Waals surface area (Å²) in [6, 6.07) is 16.0. The van der Waals surface area contributed by atoms with E-state index in [2.05, 4.69) is 23.4 Å². The third kappa shape index (κ3) is 5.41. The summed E-state index contributed by atoms with van der Waals surface area (Å²) in [5.74, 6) is 0.462. The van der Waals surface area contributed by atoms with E-state index in [1.807, 2.05) is 36.1 Å². The number of amides is 1. The zero-order chi connectivity index (χ0) is 24.9. The molecule has 1 atom stereocenters. The summed E-state index contributed by atoms with van der Waals surface area (Å²) in [6.07, 6.45) is 3.91. The highest BCUT2D eigenvalue weighted by atomic mass is 19.1. The molecule has 0 saturated carbocycles. The first-order chi connectivity index (χ1) is 16.9. The van der Waals surface area contributed by atoms with Gasteiger partial charge in [0.2, 0.25) is 0 Å². The average molecular weight is 474 g/mol. The first kappa shape index (κ1) is 24.5. The van der Waals surface area contributed by atoms with E-state index in [-0.39, 0.29) is 23.7 Å². The fraction of sp³-hybridized carbons (Fsp3) is 0.321. The third-order valence-electron chi connectivity index (χ3n) is 6.17. The molecule has 0 unspecified atom stereocenters. The van der Waals surface area contributed by atoms with Crippen molar-refractivity contribution in [2.75, 3.05) is 13.1 Å². The lowest BCUT2D eigenvalue weighted by atomic mass is 9.99. The van der Waals surface area contributed by atoms with E-state index in [0.29, 0.717) is 31.6 Å². The number of halogens is 1. The molecule has 0 fully saturated rings. The van der Waals surface area contributed by atoms with E-state index in [4.69, 9.17) is 10.7 Å². The van der Waals surface area contributed by atoms with Gasteiger partial charge in [-0.25, -0.2) is 9.37 Å². The lowest BCUT2D eigenvalue weighted by Gasteiger charge is -2.34. The number of carbonyl (C=O) groups excluding carboxylic acids is 1. The topological polar surface area (TPSA) is 77.0 Å². The first-order valence-electron chi connectivity index (χ1n) is 12.0. The predicted octanol–water partition coefficient (Wildman–Crippen LogP) is 5.12. The van der Waals surface area contributed by atoms with E-state index in [1.165, 1.54) is 6.07 Å². The number of aromatic nitrogens is 3. The maximum atomic E-state index is 14.0. The van der Waals surface area contributed by atoms with Crippen molar-refractivity contribution in [3.63, 3.8) is 0 Å². The molecule has 6 nitrogen and oxygen atoms in total. The van der Waals surface area contributed by atoms with Gasteiger partial charge in [0.1, 0.15) is 11.6 Å². The van der Waals surface area contributed by atoms with Crippen molar-refractivity contribution in [3.05, 3.63) is 95.3 Å². The normalized spacial score (nSPS) is 12.3. The molecule has 0 radical (unpaired) electrons. The van der Waals surface area contributed by atoms with Gasteiger partial charge in [-0.3, -0.25) is 9.78 Å². The number of fused-ring (bicyclic) bond motifs is 1. The van der Waals surface area contributed by atoms with Crippen molar-refractivity contribution < 1.29 is 9.18 Å². The van der Waals surface area contributed by atoms with Gasteiger partial charge in [0.05, 0.1) is 22.6 Å². The Balaban J connectivity index is 1.87. The molecule has 2 heterocycles. The standard InChI is InChI=1S/C28H32FN5O/c1-19(2)26(33(14-6-12-30)28(35)22-8-5-13-31-17-22)27-32-24-15-20(3)10-11-25(24)34(27)18-21-7-4-9-23(29)16-21/h4-5,7-11,13,15-17,19,26H,6,12,14,18,30H2,1-3H3/t26-/m1/s1. The summed E-state index contributed by atoms with van der Waals surface area (Å²) in [4.78, 5) is 24.8. The Hall–Kier alpha value is -3.58. The zero-order valence-corrected chi connectivity index (χ0v) is 20.5. The Morgan fingerprint density at radius 1 is 1.14 bits per heavy atom. The molecule has 7 heteroatoms. The zero-order valence-electron chi connectivity index (χ0n) is 20.5. The number of benzene rings is 2. The summed E-state index contributed by atoms with van der Waals surface area (Å²) in [5, 5.41) is 0. The molecule has 2 N–H and O–H groups in total. The number of pyridine rings is 1. The van der Waals surface area contributed by atoms with Crippen LogP contribution in [0.1, 0.15) is 53.6 Å². The van der Waals surface area contributed by atoms with Gasteiger partial charge in [-0.15, -0.1) is 0 Å². The summed E-state index contributed by atoms with van der Waals surface area (Å²) >= 11 is 0. The van der Waals surface area contributed by atoms with Crippen LogP contribution in [0.3, 0.4) is 0 Å². The number of carbonyl (C=O) groups is 1. The van der Waals surface area contributed by atoms with E-state index >= 15 is 0 Å². The van der Waals surface area contributed by atoms with Crippen LogP contribution in [0.2, 0.25) is 0 Å². The van der Waals surface area contributed by atoms with E-state index in [0.717, 1.165) is 28.0 Å². The highest BCUT2D eigenvalue weighted by Crippen LogP contribution is 2.33. The minimum atomic E-state index is -0.310. The van der Waals surface area contributed by atoms with E-state index < -0.39 is 0 Å². The van der Waals surface area contributed by atoms with Crippen LogP contribution in [-0.2, 0) is 6.54 Å². The number of hydrogen-bond donors (Lipinski definition) is 1. The Morgan fingerprint density at radius 3 is 2.66 bits per heavy atom. The van der Waals surface area contributed by atoms with Crippen LogP contribution in [0.25, 0.3) is 11.0 Å². The second-order valence-electron chi connectivity index (χ2n) is 9.25. The van der Waals surface area contributed by atoms with Gasteiger partial charge in [0.15, 0.2) is 0 Å². The predicted molar refractivity (Wildman–Crippen MR) is 136 cm³/mol. The van der Waals surface area contributed by atoms with Crippen molar-refractivity contribution in [1.82, 2.24) is 19.4 Å². The summed E-state index contributed by atoms with van der Waals surface area (Å²) in [5.41, 5.74) is 10.1. The molecule has 0 spiro atoms. The maximum Gasteiger partial charge on any atom is 0.256 e. The number of nitrogens with two attached hydrogens (primary N) is 1. The first-order valence-corrected chi connectivity index (χ1v) is 12.0. The Labute approximate surface area is 205 Å². The SMILES string of the molecule is Cc1ccc2c(c1)nc([C@@H](C(C)C)N(CCCN)C(=O)c1cccnc1)n2Cc1cccc(F)c1. The Morgan fingerprint density at radius 2 is 1.97 bits per heavy atom. The molecule has 2 aromatic heterocycles. The lowest BCUT2D eigenvalue weighted by molar-refractivity contribution is 0.0604. The number of nitrogens with zero attached hydrogens (tertiary/aromatic N) is 4. The second kappa shape index (κ2) is 10.8. The summed E-state index contributed by atoms with van der Waals surface area (Å²) in [6.45, 7) is 7.63. The molecule has 0 saturated heterocycles. The molecule has 4 rings (SSSR count). The molecule has 35 heavy (non-hydrogen) atoms. The molecule has 1 amide bonds. The van der Waals surface area contributed by atoms with Crippen molar-refractivity contribution in [1.29, 1.82) is 0 Å². The smallest absolute Gasteiger partial charge is 0.256 e. The van der Waals surface area contributed by atoms with Crippen LogP contribution in [0.4, 0.5) is 4.39 Å². The molecule has 2 aromatic carbocycles.